The minimum atomic E-state index is -0.181. The van der Waals surface area contributed by atoms with E-state index in [9.17, 15) is 9.90 Å². The molecule has 110 valence electrons. The number of para-hydroxylation sites is 1. The largest absolute Gasteiger partial charge is 0.508 e. The predicted molar refractivity (Wildman–Crippen MR) is 81.3 cm³/mol. The average molecular weight is 286 g/mol. The van der Waals surface area contributed by atoms with Gasteiger partial charge in [-0.1, -0.05) is 18.2 Å². The number of aromatic hydroxyl groups is 1. The number of hydrogen-bond acceptors (Lipinski definition) is 4. The molecule has 0 spiro atoms. The zero-order chi connectivity index (χ0) is 15.4. The number of hydrogen-bond donors (Lipinski definition) is 2. The van der Waals surface area contributed by atoms with Crippen LogP contribution in [0.5, 0.6) is 11.5 Å². The lowest BCUT2D eigenvalue weighted by Gasteiger charge is -2.19. The number of ether oxygens (including phenoxy) is 1. The second-order valence-electron chi connectivity index (χ2n) is 4.75. The summed E-state index contributed by atoms with van der Waals surface area (Å²) in [4.78, 5) is 14.0. The zero-order valence-corrected chi connectivity index (χ0v) is 12.0. The average Bonchev–Trinajstić information content (AvgIpc) is 2.49. The summed E-state index contributed by atoms with van der Waals surface area (Å²) in [5, 5.41) is 9.26. The number of methoxy groups -OCH3 is 1. The molecule has 2 aromatic carbocycles. The maximum Gasteiger partial charge on any atom is 0.256 e. The van der Waals surface area contributed by atoms with Crippen molar-refractivity contribution in [3.63, 3.8) is 0 Å². The molecule has 1 amide bonds. The van der Waals surface area contributed by atoms with Crippen molar-refractivity contribution in [3.05, 3.63) is 53.6 Å². The van der Waals surface area contributed by atoms with Crippen molar-refractivity contribution in [2.45, 2.75) is 6.54 Å². The number of nitrogens with two attached hydrogens (primary N) is 1. The smallest absolute Gasteiger partial charge is 0.256 e. The molecule has 0 saturated heterocycles. The van der Waals surface area contributed by atoms with Crippen molar-refractivity contribution >= 4 is 11.6 Å². The summed E-state index contributed by atoms with van der Waals surface area (Å²) in [5.41, 5.74) is 7.61. The van der Waals surface area contributed by atoms with Gasteiger partial charge in [-0.2, -0.15) is 0 Å². The molecule has 0 aliphatic rings. The highest BCUT2D eigenvalue weighted by Crippen LogP contribution is 2.26. The first kappa shape index (κ1) is 14.7. The normalized spacial score (nSPS) is 10.2. The Balaban J connectivity index is 2.17. The van der Waals surface area contributed by atoms with Crippen LogP contribution in [0.15, 0.2) is 42.5 Å². The standard InChI is InChI=1S/C16H18N2O3/c1-18(10-11-6-8-12(19)9-7-11)16(20)13-4-3-5-14(21-2)15(13)17/h3-9,19H,10,17H2,1-2H3. The number of nitrogens with zero attached hydrogens (tertiary/aromatic N) is 1. The Labute approximate surface area is 123 Å². The van der Waals surface area contributed by atoms with E-state index < -0.39 is 0 Å². The highest BCUT2D eigenvalue weighted by molar-refractivity contribution is 6.00. The molecule has 0 heterocycles. The molecule has 0 bridgehead atoms. The number of amides is 1. The molecule has 5 nitrogen and oxygen atoms in total. The van der Waals surface area contributed by atoms with E-state index in [0.29, 0.717) is 23.5 Å². The number of carbonyl (C=O) groups excluding carboxylic acids is 1. The summed E-state index contributed by atoms with van der Waals surface area (Å²) in [5.74, 6) is 0.503. The molecule has 21 heavy (non-hydrogen) atoms. The lowest BCUT2D eigenvalue weighted by Crippen LogP contribution is -2.27. The summed E-state index contributed by atoms with van der Waals surface area (Å²) >= 11 is 0. The van der Waals surface area contributed by atoms with Gasteiger partial charge in [0.1, 0.15) is 11.5 Å². The van der Waals surface area contributed by atoms with E-state index in [1.54, 1.807) is 54.4 Å². The van der Waals surface area contributed by atoms with Gasteiger partial charge in [-0.3, -0.25) is 4.79 Å². The van der Waals surface area contributed by atoms with E-state index >= 15 is 0 Å². The van der Waals surface area contributed by atoms with Gasteiger partial charge in [0.15, 0.2) is 0 Å². The second kappa shape index (κ2) is 6.17. The quantitative estimate of drug-likeness (QED) is 0.845. The van der Waals surface area contributed by atoms with E-state index in [1.807, 2.05) is 0 Å². The number of rotatable bonds is 4. The molecule has 0 atom stereocenters. The topological polar surface area (TPSA) is 75.8 Å². The van der Waals surface area contributed by atoms with Crippen molar-refractivity contribution in [1.29, 1.82) is 0 Å². The first-order valence-electron chi connectivity index (χ1n) is 6.48. The van der Waals surface area contributed by atoms with Crippen LogP contribution in [-0.2, 0) is 6.54 Å². The number of phenolic OH excluding ortho intramolecular Hbond substituents is 1. The summed E-state index contributed by atoms with van der Waals surface area (Å²) < 4.78 is 5.12. The Kier molecular flexibility index (Phi) is 4.33. The molecule has 0 aromatic heterocycles. The maximum atomic E-state index is 12.4. The molecular formula is C16H18N2O3. The monoisotopic (exact) mass is 286 g/mol. The van der Waals surface area contributed by atoms with Crippen molar-refractivity contribution in [3.8, 4) is 11.5 Å². The van der Waals surface area contributed by atoms with Gasteiger partial charge >= 0.3 is 0 Å². The van der Waals surface area contributed by atoms with Crippen LogP contribution >= 0.6 is 0 Å². The molecule has 5 heteroatoms. The molecule has 0 saturated carbocycles. The van der Waals surface area contributed by atoms with Crippen LogP contribution < -0.4 is 10.5 Å². The van der Waals surface area contributed by atoms with Crippen molar-refractivity contribution in [1.82, 2.24) is 4.90 Å². The molecule has 0 aliphatic heterocycles. The lowest BCUT2D eigenvalue weighted by molar-refractivity contribution is 0.0786. The second-order valence-corrected chi connectivity index (χ2v) is 4.75. The minimum absolute atomic E-state index is 0.181. The Morgan fingerprint density at radius 1 is 1.24 bits per heavy atom. The molecule has 0 fully saturated rings. The Bertz CT molecular complexity index is 638. The SMILES string of the molecule is COc1cccc(C(=O)N(C)Cc2ccc(O)cc2)c1N. The molecule has 3 N–H and O–H groups in total. The zero-order valence-electron chi connectivity index (χ0n) is 12.0. The van der Waals surface area contributed by atoms with E-state index in [-0.39, 0.29) is 11.7 Å². The van der Waals surface area contributed by atoms with Gasteiger partial charge in [0.25, 0.3) is 5.91 Å². The number of phenols is 1. The van der Waals surface area contributed by atoms with Crippen molar-refractivity contribution < 1.29 is 14.6 Å². The van der Waals surface area contributed by atoms with E-state index in [0.717, 1.165) is 5.56 Å². The van der Waals surface area contributed by atoms with Crippen molar-refractivity contribution in [2.24, 2.45) is 0 Å². The number of anilines is 1. The summed E-state index contributed by atoms with van der Waals surface area (Å²) in [7, 11) is 3.22. The van der Waals surface area contributed by atoms with Gasteiger partial charge in [-0.15, -0.1) is 0 Å². The first-order chi connectivity index (χ1) is 10.0. The van der Waals surface area contributed by atoms with Crippen LogP contribution in [0.1, 0.15) is 15.9 Å². The highest BCUT2D eigenvalue weighted by Gasteiger charge is 2.17. The fourth-order valence-electron chi connectivity index (χ4n) is 2.06. The third kappa shape index (κ3) is 3.25. The lowest BCUT2D eigenvalue weighted by atomic mass is 10.1. The summed E-state index contributed by atoms with van der Waals surface area (Å²) in [6.07, 6.45) is 0. The van der Waals surface area contributed by atoms with Crippen LogP contribution in [0.2, 0.25) is 0 Å². The molecule has 2 aromatic rings. The number of benzene rings is 2. The molecule has 2 rings (SSSR count). The number of carbonyl (C=O) groups is 1. The maximum absolute atomic E-state index is 12.4. The van der Waals surface area contributed by atoms with Gasteiger partial charge < -0.3 is 20.5 Å². The highest BCUT2D eigenvalue weighted by atomic mass is 16.5. The van der Waals surface area contributed by atoms with E-state index in [2.05, 4.69) is 0 Å². The molecule has 0 aliphatic carbocycles. The third-order valence-corrected chi connectivity index (χ3v) is 3.22. The van der Waals surface area contributed by atoms with Crippen LogP contribution in [-0.4, -0.2) is 30.1 Å². The predicted octanol–water partition coefficient (Wildman–Crippen LogP) is 2.26. The van der Waals surface area contributed by atoms with Gasteiger partial charge in [-0.05, 0) is 29.8 Å². The first-order valence-corrected chi connectivity index (χ1v) is 6.48. The summed E-state index contributed by atoms with van der Waals surface area (Å²) in [6.45, 7) is 0.426. The van der Waals surface area contributed by atoms with Crippen LogP contribution in [0.3, 0.4) is 0 Å². The van der Waals surface area contributed by atoms with Gasteiger partial charge in [0.05, 0.1) is 18.4 Å². The minimum Gasteiger partial charge on any atom is -0.508 e. The molecule has 0 unspecified atom stereocenters. The van der Waals surface area contributed by atoms with Gasteiger partial charge in [0, 0.05) is 13.6 Å². The molecular weight excluding hydrogens is 268 g/mol. The van der Waals surface area contributed by atoms with Crippen LogP contribution in [0.4, 0.5) is 5.69 Å². The van der Waals surface area contributed by atoms with Crippen LogP contribution in [0, 0.1) is 0 Å². The van der Waals surface area contributed by atoms with Crippen molar-refractivity contribution in [2.75, 3.05) is 19.9 Å². The van der Waals surface area contributed by atoms with E-state index in [1.165, 1.54) is 7.11 Å². The van der Waals surface area contributed by atoms with Crippen LogP contribution in [0.25, 0.3) is 0 Å². The Hall–Kier alpha value is -2.69. The van der Waals surface area contributed by atoms with Gasteiger partial charge in [-0.25, -0.2) is 0 Å². The Morgan fingerprint density at radius 2 is 1.90 bits per heavy atom. The Morgan fingerprint density at radius 3 is 2.52 bits per heavy atom. The fourth-order valence-corrected chi connectivity index (χ4v) is 2.06. The fraction of sp³-hybridized carbons (Fsp3) is 0.188. The summed E-state index contributed by atoms with van der Waals surface area (Å²) in [6, 6.07) is 11.8. The number of nitrogen functional groups attached to an aromatic ring is 1. The van der Waals surface area contributed by atoms with Gasteiger partial charge in [0.2, 0.25) is 0 Å². The van der Waals surface area contributed by atoms with E-state index in [4.69, 9.17) is 10.5 Å². The molecule has 0 radical (unpaired) electrons. The third-order valence-electron chi connectivity index (χ3n) is 3.22.